The molecule has 0 aliphatic heterocycles. The van der Waals surface area contributed by atoms with Crippen LogP contribution >= 0.6 is 11.6 Å². The van der Waals surface area contributed by atoms with Gasteiger partial charge < -0.3 is 10.8 Å². The second-order valence-electron chi connectivity index (χ2n) is 4.09. The van der Waals surface area contributed by atoms with E-state index in [1.165, 1.54) is 0 Å². The monoisotopic (exact) mass is 247 g/mol. The van der Waals surface area contributed by atoms with Crippen molar-refractivity contribution in [2.45, 2.75) is 13.0 Å². The van der Waals surface area contributed by atoms with E-state index in [4.69, 9.17) is 17.3 Å². The third-order valence-electron chi connectivity index (χ3n) is 2.70. The molecule has 0 saturated heterocycles. The standard InChI is InChI=1S/C14H14ClNO/c1-9-3-2-4-10(7-9)14(17)12-8-11(15)5-6-13(12)16/h2-8,14,17H,16H2,1H3. The maximum atomic E-state index is 10.3. The van der Waals surface area contributed by atoms with Crippen molar-refractivity contribution >= 4 is 17.3 Å². The highest BCUT2D eigenvalue weighted by Crippen LogP contribution is 2.29. The quantitative estimate of drug-likeness (QED) is 0.800. The van der Waals surface area contributed by atoms with E-state index in [1.54, 1.807) is 18.2 Å². The van der Waals surface area contributed by atoms with Crippen molar-refractivity contribution in [3.8, 4) is 0 Å². The molecule has 1 atom stereocenters. The molecule has 2 aromatic carbocycles. The number of aryl methyl sites for hydroxylation is 1. The van der Waals surface area contributed by atoms with Crippen LogP contribution in [0.15, 0.2) is 42.5 Å². The maximum absolute atomic E-state index is 10.3. The maximum Gasteiger partial charge on any atom is 0.106 e. The summed E-state index contributed by atoms with van der Waals surface area (Å²) in [5.41, 5.74) is 8.95. The van der Waals surface area contributed by atoms with Gasteiger partial charge in [-0.25, -0.2) is 0 Å². The third-order valence-corrected chi connectivity index (χ3v) is 2.94. The molecule has 2 aromatic rings. The summed E-state index contributed by atoms with van der Waals surface area (Å²) in [6.45, 7) is 1.98. The Kier molecular flexibility index (Phi) is 3.36. The molecule has 0 saturated carbocycles. The Hall–Kier alpha value is -1.51. The zero-order valence-electron chi connectivity index (χ0n) is 9.52. The molecule has 0 heterocycles. The topological polar surface area (TPSA) is 46.2 Å². The van der Waals surface area contributed by atoms with E-state index in [9.17, 15) is 5.11 Å². The van der Waals surface area contributed by atoms with E-state index in [1.807, 2.05) is 31.2 Å². The van der Waals surface area contributed by atoms with Gasteiger partial charge in [0.15, 0.2) is 0 Å². The predicted molar refractivity (Wildman–Crippen MR) is 71.1 cm³/mol. The highest BCUT2D eigenvalue weighted by Gasteiger charge is 2.13. The van der Waals surface area contributed by atoms with Gasteiger partial charge in [-0.15, -0.1) is 0 Å². The average Bonchev–Trinajstić information content (AvgIpc) is 2.31. The summed E-state index contributed by atoms with van der Waals surface area (Å²) in [5.74, 6) is 0. The summed E-state index contributed by atoms with van der Waals surface area (Å²) in [7, 11) is 0. The normalized spacial score (nSPS) is 12.4. The molecule has 17 heavy (non-hydrogen) atoms. The van der Waals surface area contributed by atoms with Crippen LogP contribution in [0, 0.1) is 6.92 Å². The molecule has 0 aromatic heterocycles. The zero-order valence-corrected chi connectivity index (χ0v) is 10.3. The van der Waals surface area contributed by atoms with Crippen molar-refractivity contribution in [1.82, 2.24) is 0 Å². The number of aliphatic hydroxyl groups excluding tert-OH is 1. The van der Waals surface area contributed by atoms with E-state index in [2.05, 4.69) is 0 Å². The van der Waals surface area contributed by atoms with Gasteiger partial charge in [0.2, 0.25) is 0 Å². The van der Waals surface area contributed by atoms with Crippen LogP contribution in [-0.4, -0.2) is 5.11 Å². The Balaban J connectivity index is 2.43. The van der Waals surface area contributed by atoms with Crippen molar-refractivity contribution in [3.05, 3.63) is 64.2 Å². The summed E-state index contributed by atoms with van der Waals surface area (Å²) in [6, 6.07) is 12.8. The summed E-state index contributed by atoms with van der Waals surface area (Å²) in [5, 5.41) is 10.9. The molecular formula is C14H14ClNO. The molecule has 0 aliphatic rings. The fraction of sp³-hybridized carbons (Fsp3) is 0.143. The average molecular weight is 248 g/mol. The van der Waals surface area contributed by atoms with Crippen LogP contribution in [0.25, 0.3) is 0 Å². The van der Waals surface area contributed by atoms with Crippen LogP contribution in [0.1, 0.15) is 22.8 Å². The smallest absolute Gasteiger partial charge is 0.106 e. The van der Waals surface area contributed by atoms with Crippen LogP contribution in [-0.2, 0) is 0 Å². The number of rotatable bonds is 2. The Morgan fingerprint density at radius 1 is 1.18 bits per heavy atom. The molecule has 0 bridgehead atoms. The molecule has 0 aliphatic carbocycles. The van der Waals surface area contributed by atoms with Crippen molar-refractivity contribution in [2.75, 3.05) is 5.73 Å². The molecule has 1 unspecified atom stereocenters. The number of benzene rings is 2. The highest BCUT2D eigenvalue weighted by molar-refractivity contribution is 6.30. The van der Waals surface area contributed by atoms with E-state index in [-0.39, 0.29) is 0 Å². The highest BCUT2D eigenvalue weighted by atomic mass is 35.5. The van der Waals surface area contributed by atoms with E-state index in [0.29, 0.717) is 16.3 Å². The first-order valence-electron chi connectivity index (χ1n) is 5.37. The second-order valence-corrected chi connectivity index (χ2v) is 4.53. The van der Waals surface area contributed by atoms with Gasteiger partial charge in [-0.1, -0.05) is 41.4 Å². The van der Waals surface area contributed by atoms with Gasteiger partial charge in [0.1, 0.15) is 6.10 Å². The van der Waals surface area contributed by atoms with E-state index < -0.39 is 6.10 Å². The number of nitrogens with two attached hydrogens (primary N) is 1. The van der Waals surface area contributed by atoms with Crippen LogP contribution in [0.2, 0.25) is 5.02 Å². The minimum absolute atomic E-state index is 0.545. The van der Waals surface area contributed by atoms with Gasteiger partial charge >= 0.3 is 0 Å². The third kappa shape index (κ3) is 2.60. The molecule has 0 spiro atoms. The summed E-state index contributed by atoms with van der Waals surface area (Å²) >= 11 is 5.91. The second kappa shape index (κ2) is 4.78. The largest absolute Gasteiger partial charge is 0.398 e. The lowest BCUT2D eigenvalue weighted by atomic mass is 9.99. The Morgan fingerprint density at radius 3 is 2.65 bits per heavy atom. The molecule has 3 N–H and O–H groups in total. The number of nitrogen functional groups attached to an aromatic ring is 1. The minimum Gasteiger partial charge on any atom is -0.398 e. The zero-order chi connectivity index (χ0) is 12.4. The molecule has 2 nitrogen and oxygen atoms in total. The fourth-order valence-electron chi connectivity index (χ4n) is 1.80. The van der Waals surface area contributed by atoms with Crippen LogP contribution in [0.4, 0.5) is 5.69 Å². The predicted octanol–water partition coefficient (Wildman–Crippen LogP) is 3.31. The molecule has 0 amide bonds. The van der Waals surface area contributed by atoms with Gasteiger partial charge in [0.25, 0.3) is 0 Å². The molecule has 3 heteroatoms. The van der Waals surface area contributed by atoms with Crippen LogP contribution < -0.4 is 5.73 Å². The molecule has 2 rings (SSSR count). The number of aliphatic hydroxyl groups is 1. The summed E-state index contributed by atoms with van der Waals surface area (Å²) < 4.78 is 0. The van der Waals surface area contributed by atoms with Crippen LogP contribution in [0.3, 0.4) is 0 Å². The number of hydrogen-bond donors (Lipinski definition) is 2. The van der Waals surface area contributed by atoms with Crippen molar-refractivity contribution in [3.63, 3.8) is 0 Å². The van der Waals surface area contributed by atoms with Gasteiger partial charge in [-0.05, 0) is 30.7 Å². The Labute approximate surface area is 106 Å². The van der Waals surface area contributed by atoms with E-state index in [0.717, 1.165) is 11.1 Å². The number of hydrogen-bond acceptors (Lipinski definition) is 2. The Bertz CT molecular complexity index is 539. The first-order chi connectivity index (χ1) is 8.08. The lowest BCUT2D eigenvalue weighted by Gasteiger charge is -2.14. The number of anilines is 1. The van der Waals surface area contributed by atoms with Gasteiger partial charge in [0, 0.05) is 16.3 Å². The molecule has 0 fully saturated rings. The lowest BCUT2D eigenvalue weighted by molar-refractivity contribution is 0.221. The van der Waals surface area contributed by atoms with Crippen LogP contribution in [0.5, 0.6) is 0 Å². The summed E-state index contributed by atoms with van der Waals surface area (Å²) in [6.07, 6.45) is -0.742. The molecular weight excluding hydrogens is 234 g/mol. The first kappa shape index (κ1) is 12.0. The van der Waals surface area contributed by atoms with Gasteiger partial charge in [-0.2, -0.15) is 0 Å². The van der Waals surface area contributed by atoms with E-state index >= 15 is 0 Å². The lowest BCUT2D eigenvalue weighted by Crippen LogP contribution is -2.04. The molecule has 0 radical (unpaired) electrons. The minimum atomic E-state index is -0.742. The van der Waals surface area contributed by atoms with Gasteiger partial charge in [0.05, 0.1) is 0 Å². The first-order valence-corrected chi connectivity index (χ1v) is 5.75. The number of halogens is 1. The summed E-state index contributed by atoms with van der Waals surface area (Å²) in [4.78, 5) is 0. The SMILES string of the molecule is Cc1cccc(C(O)c2cc(Cl)ccc2N)c1. The molecule has 88 valence electrons. The van der Waals surface area contributed by atoms with Crippen molar-refractivity contribution < 1.29 is 5.11 Å². The van der Waals surface area contributed by atoms with Gasteiger partial charge in [-0.3, -0.25) is 0 Å². The Morgan fingerprint density at radius 2 is 1.94 bits per heavy atom. The van der Waals surface area contributed by atoms with Crippen molar-refractivity contribution in [2.24, 2.45) is 0 Å². The fourth-order valence-corrected chi connectivity index (χ4v) is 1.98. The van der Waals surface area contributed by atoms with Crippen molar-refractivity contribution in [1.29, 1.82) is 0 Å².